The molecule has 0 bridgehead atoms. The van der Waals surface area contributed by atoms with Gasteiger partial charge in [-0.2, -0.15) is 0 Å². The van der Waals surface area contributed by atoms with Crippen LogP contribution in [-0.4, -0.2) is 13.7 Å². The third-order valence-corrected chi connectivity index (χ3v) is 5.25. The summed E-state index contributed by atoms with van der Waals surface area (Å²) in [4.78, 5) is 0. The highest BCUT2D eigenvalue weighted by atomic mass is 79.9. The summed E-state index contributed by atoms with van der Waals surface area (Å²) < 4.78 is 39.9. The van der Waals surface area contributed by atoms with Crippen molar-refractivity contribution >= 4 is 31.6 Å². The van der Waals surface area contributed by atoms with E-state index in [-0.39, 0.29) is 10.9 Å². The van der Waals surface area contributed by atoms with Crippen LogP contribution in [-0.2, 0) is 10.0 Å². The van der Waals surface area contributed by atoms with Crippen molar-refractivity contribution in [2.24, 2.45) is 0 Å². The van der Waals surface area contributed by atoms with E-state index in [2.05, 4.69) is 20.7 Å². The van der Waals surface area contributed by atoms with E-state index in [4.69, 9.17) is 0 Å². The van der Waals surface area contributed by atoms with Crippen LogP contribution >= 0.6 is 15.9 Å². The second-order valence-electron chi connectivity index (χ2n) is 3.88. The van der Waals surface area contributed by atoms with Crippen molar-refractivity contribution < 1.29 is 12.8 Å². The molecule has 0 amide bonds. The Balaban J connectivity index is 2.32. The molecule has 3 nitrogen and oxygen atoms in total. The minimum absolute atomic E-state index is 0.0209. The van der Waals surface area contributed by atoms with Crippen molar-refractivity contribution in [3.05, 3.63) is 28.0 Å². The third-order valence-electron chi connectivity index (χ3n) is 2.54. The Labute approximate surface area is 102 Å². The van der Waals surface area contributed by atoms with Crippen LogP contribution in [0.4, 0.5) is 10.1 Å². The summed E-state index contributed by atoms with van der Waals surface area (Å²) in [5.41, 5.74) is 0.420. The van der Waals surface area contributed by atoms with Crippen LogP contribution in [0.3, 0.4) is 0 Å². The Morgan fingerprint density at radius 3 is 2.62 bits per heavy atom. The second-order valence-corrected chi connectivity index (χ2v) is 6.70. The van der Waals surface area contributed by atoms with Crippen molar-refractivity contribution in [1.82, 2.24) is 0 Å². The molecule has 1 aliphatic carbocycles. The van der Waals surface area contributed by atoms with Crippen molar-refractivity contribution in [3.63, 3.8) is 0 Å². The zero-order valence-electron chi connectivity index (χ0n) is 8.63. The van der Waals surface area contributed by atoms with Gasteiger partial charge in [0.25, 0.3) is 0 Å². The standard InChI is InChI=1S/C10H11BrFNO2S/c1-6-8(11)4-5-9(10(6)12)13-16(14,15)7-2-3-7/h4-5,7,13H,2-3H2,1H3. The highest BCUT2D eigenvalue weighted by molar-refractivity contribution is 9.10. The van der Waals surface area contributed by atoms with Gasteiger partial charge in [0.15, 0.2) is 5.82 Å². The number of halogens is 2. The molecule has 1 fully saturated rings. The van der Waals surface area contributed by atoms with Crippen molar-refractivity contribution in [3.8, 4) is 0 Å². The molecule has 1 aromatic carbocycles. The van der Waals surface area contributed by atoms with Crippen LogP contribution in [0.15, 0.2) is 16.6 Å². The summed E-state index contributed by atoms with van der Waals surface area (Å²) in [5, 5.41) is -0.351. The topological polar surface area (TPSA) is 46.2 Å². The van der Waals surface area contributed by atoms with E-state index in [1.165, 1.54) is 6.07 Å². The average molecular weight is 308 g/mol. The third kappa shape index (κ3) is 2.22. The number of nitrogens with one attached hydrogen (secondary N) is 1. The van der Waals surface area contributed by atoms with Crippen molar-refractivity contribution in [2.75, 3.05) is 4.72 Å². The van der Waals surface area contributed by atoms with Crippen LogP contribution in [0.2, 0.25) is 0 Å². The molecule has 0 atom stereocenters. The van der Waals surface area contributed by atoms with Crippen LogP contribution in [0, 0.1) is 12.7 Å². The van der Waals surface area contributed by atoms with Gasteiger partial charge in [-0.25, -0.2) is 12.8 Å². The van der Waals surface area contributed by atoms with Crippen LogP contribution in [0.25, 0.3) is 0 Å². The summed E-state index contributed by atoms with van der Waals surface area (Å²) >= 11 is 3.18. The molecule has 0 radical (unpaired) electrons. The molecule has 0 saturated heterocycles. The molecular weight excluding hydrogens is 297 g/mol. The normalized spacial score (nSPS) is 16.2. The van der Waals surface area contributed by atoms with E-state index >= 15 is 0 Å². The Kier molecular flexibility index (Phi) is 2.96. The van der Waals surface area contributed by atoms with Gasteiger partial charge in [-0.05, 0) is 31.9 Å². The molecule has 1 saturated carbocycles. The minimum Gasteiger partial charge on any atom is -0.280 e. The van der Waals surface area contributed by atoms with E-state index in [0.29, 0.717) is 22.9 Å². The van der Waals surface area contributed by atoms with E-state index in [0.717, 1.165) is 0 Å². The van der Waals surface area contributed by atoms with Crippen molar-refractivity contribution in [2.45, 2.75) is 25.0 Å². The first-order valence-electron chi connectivity index (χ1n) is 4.88. The smallest absolute Gasteiger partial charge is 0.235 e. The summed E-state index contributed by atoms with van der Waals surface area (Å²) in [7, 11) is -3.40. The van der Waals surface area contributed by atoms with Gasteiger partial charge in [-0.1, -0.05) is 15.9 Å². The fourth-order valence-corrected chi connectivity index (χ4v) is 3.05. The first-order valence-corrected chi connectivity index (χ1v) is 7.22. The lowest BCUT2D eigenvalue weighted by molar-refractivity contribution is 0.596. The summed E-state index contributed by atoms with van der Waals surface area (Å²) in [6, 6.07) is 3.05. The molecule has 1 aliphatic rings. The maximum absolute atomic E-state index is 13.7. The lowest BCUT2D eigenvalue weighted by Crippen LogP contribution is -2.18. The number of hydrogen-bond acceptors (Lipinski definition) is 2. The van der Waals surface area contributed by atoms with Crippen LogP contribution < -0.4 is 4.72 Å². The maximum atomic E-state index is 13.7. The van der Waals surface area contributed by atoms with Gasteiger partial charge in [0.2, 0.25) is 10.0 Å². The maximum Gasteiger partial charge on any atom is 0.235 e. The summed E-state index contributed by atoms with van der Waals surface area (Å²) in [6.07, 6.45) is 1.32. The minimum atomic E-state index is -3.40. The van der Waals surface area contributed by atoms with E-state index < -0.39 is 15.8 Å². The lowest BCUT2D eigenvalue weighted by Gasteiger charge is -2.10. The molecule has 88 valence electrons. The Bertz CT molecular complexity index is 526. The summed E-state index contributed by atoms with van der Waals surface area (Å²) in [6.45, 7) is 1.59. The van der Waals surface area contributed by atoms with Gasteiger partial charge in [0.05, 0.1) is 10.9 Å². The summed E-state index contributed by atoms with van der Waals surface area (Å²) in [5.74, 6) is -0.529. The largest absolute Gasteiger partial charge is 0.280 e. The lowest BCUT2D eigenvalue weighted by atomic mass is 10.2. The Morgan fingerprint density at radius 2 is 2.06 bits per heavy atom. The quantitative estimate of drug-likeness (QED) is 0.933. The highest BCUT2D eigenvalue weighted by Crippen LogP contribution is 2.32. The van der Waals surface area contributed by atoms with Gasteiger partial charge in [-0.3, -0.25) is 4.72 Å². The van der Waals surface area contributed by atoms with Gasteiger partial charge in [0.1, 0.15) is 0 Å². The van der Waals surface area contributed by atoms with E-state index in [9.17, 15) is 12.8 Å². The molecular formula is C10H11BrFNO2S. The predicted octanol–water partition coefficient (Wildman–Crippen LogP) is 2.80. The monoisotopic (exact) mass is 307 g/mol. The van der Waals surface area contributed by atoms with Gasteiger partial charge in [0, 0.05) is 10.0 Å². The second kappa shape index (κ2) is 4.00. The fraction of sp³-hybridized carbons (Fsp3) is 0.400. The first-order chi connectivity index (χ1) is 7.42. The molecule has 0 aromatic heterocycles. The molecule has 1 N–H and O–H groups in total. The first kappa shape index (κ1) is 11.9. The zero-order valence-corrected chi connectivity index (χ0v) is 11.0. The number of rotatable bonds is 3. The van der Waals surface area contributed by atoms with Gasteiger partial charge >= 0.3 is 0 Å². The van der Waals surface area contributed by atoms with E-state index in [1.807, 2.05) is 0 Å². The molecule has 2 rings (SSSR count). The number of hydrogen-bond donors (Lipinski definition) is 1. The van der Waals surface area contributed by atoms with E-state index in [1.54, 1.807) is 13.0 Å². The molecule has 0 unspecified atom stereocenters. The molecule has 16 heavy (non-hydrogen) atoms. The van der Waals surface area contributed by atoms with Crippen LogP contribution in [0.5, 0.6) is 0 Å². The highest BCUT2D eigenvalue weighted by Gasteiger charge is 2.36. The number of anilines is 1. The van der Waals surface area contributed by atoms with Crippen LogP contribution in [0.1, 0.15) is 18.4 Å². The Hall–Kier alpha value is -0.620. The predicted molar refractivity (Wildman–Crippen MR) is 64.4 cm³/mol. The average Bonchev–Trinajstić information content (AvgIpc) is 3.02. The fourth-order valence-electron chi connectivity index (χ4n) is 1.36. The van der Waals surface area contributed by atoms with Gasteiger partial charge in [-0.15, -0.1) is 0 Å². The Morgan fingerprint density at radius 1 is 1.44 bits per heavy atom. The molecule has 0 aliphatic heterocycles. The zero-order chi connectivity index (χ0) is 11.9. The van der Waals surface area contributed by atoms with Gasteiger partial charge < -0.3 is 0 Å². The SMILES string of the molecule is Cc1c(Br)ccc(NS(=O)(=O)C2CC2)c1F. The van der Waals surface area contributed by atoms with Crippen molar-refractivity contribution in [1.29, 1.82) is 0 Å². The molecule has 6 heteroatoms. The number of sulfonamides is 1. The number of benzene rings is 1. The molecule has 0 spiro atoms. The molecule has 0 heterocycles. The molecule has 1 aromatic rings.